The van der Waals surface area contributed by atoms with E-state index in [0.29, 0.717) is 11.8 Å². The molecule has 0 saturated heterocycles. The van der Waals surface area contributed by atoms with Gasteiger partial charge in [-0.25, -0.2) is 4.98 Å². The van der Waals surface area contributed by atoms with Crippen LogP contribution in [0.15, 0.2) is 4.42 Å². The second kappa shape index (κ2) is 4.63. The minimum absolute atomic E-state index is 0.128. The summed E-state index contributed by atoms with van der Waals surface area (Å²) in [6.07, 6.45) is 0.919. The summed E-state index contributed by atoms with van der Waals surface area (Å²) in [6.45, 7) is 5.98. The molecule has 2 rings (SSSR count). The van der Waals surface area contributed by atoms with Gasteiger partial charge in [0, 0.05) is 0 Å². The third kappa shape index (κ3) is 2.17. The number of alkyl halides is 1. The molecule has 4 nitrogen and oxygen atoms in total. The first-order valence-electron chi connectivity index (χ1n) is 5.03. The molecule has 2 aromatic rings. The van der Waals surface area contributed by atoms with E-state index >= 15 is 0 Å². The third-order valence-corrected chi connectivity index (χ3v) is 4.26. The number of thiazole rings is 1. The van der Waals surface area contributed by atoms with E-state index in [1.54, 1.807) is 11.3 Å². The molecule has 0 bridgehead atoms. The summed E-state index contributed by atoms with van der Waals surface area (Å²) in [5.41, 5.74) is 0.945. The molecule has 86 valence electrons. The van der Waals surface area contributed by atoms with Crippen molar-refractivity contribution in [3.8, 4) is 10.8 Å². The fourth-order valence-electron chi connectivity index (χ4n) is 1.36. The van der Waals surface area contributed by atoms with Crippen LogP contribution in [0.3, 0.4) is 0 Å². The van der Waals surface area contributed by atoms with Crippen molar-refractivity contribution in [3.05, 3.63) is 16.6 Å². The molecule has 2 heterocycles. The average Bonchev–Trinajstić information content (AvgIpc) is 2.83. The lowest BCUT2D eigenvalue weighted by atomic mass is 10.3. The zero-order valence-corrected chi connectivity index (χ0v) is 11.7. The van der Waals surface area contributed by atoms with Gasteiger partial charge in [-0.05, 0) is 20.3 Å². The molecular weight excluding hydrogens is 290 g/mol. The molecule has 0 amide bonds. The van der Waals surface area contributed by atoms with Gasteiger partial charge in [0.2, 0.25) is 5.89 Å². The van der Waals surface area contributed by atoms with Gasteiger partial charge in [0.05, 0.1) is 15.5 Å². The lowest BCUT2D eigenvalue weighted by Crippen LogP contribution is -1.86. The van der Waals surface area contributed by atoms with Crippen LogP contribution >= 0.6 is 27.3 Å². The summed E-state index contributed by atoms with van der Waals surface area (Å²) in [7, 11) is 0. The fraction of sp³-hybridized carbons (Fsp3) is 0.500. The van der Waals surface area contributed by atoms with Crippen LogP contribution in [0.5, 0.6) is 0 Å². The molecule has 0 saturated carbocycles. The summed E-state index contributed by atoms with van der Waals surface area (Å²) in [4.78, 5) is 5.43. The number of halogens is 1. The summed E-state index contributed by atoms with van der Waals surface area (Å²) < 4.78 is 5.62. The van der Waals surface area contributed by atoms with E-state index in [1.807, 2.05) is 13.8 Å². The molecule has 0 aliphatic heterocycles. The maximum absolute atomic E-state index is 5.62. The minimum atomic E-state index is 0.128. The lowest BCUT2D eigenvalue weighted by Gasteiger charge is -1.97. The Morgan fingerprint density at radius 2 is 2.12 bits per heavy atom. The van der Waals surface area contributed by atoms with E-state index in [9.17, 15) is 0 Å². The second-order valence-corrected chi connectivity index (χ2v) is 5.78. The highest BCUT2D eigenvalue weighted by molar-refractivity contribution is 9.09. The Hall–Kier alpha value is -0.750. The van der Waals surface area contributed by atoms with E-state index in [1.165, 1.54) is 0 Å². The molecular formula is C10H12BrN3OS. The summed E-state index contributed by atoms with van der Waals surface area (Å²) in [5.74, 6) is 1.19. The van der Waals surface area contributed by atoms with Crippen molar-refractivity contribution < 1.29 is 4.42 Å². The first-order valence-corrected chi connectivity index (χ1v) is 6.77. The summed E-state index contributed by atoms with van der Waals surface area (Å²) in [6, 6.07) is 0. The van der Waals surface area contributed by atoms with Crippen molar-refractivity contribution in [1.82, 2.24) is 15.2 Å². The first-order chi connectivity index (χ1) is 7.61. The van der Waals surface area contributed by atoms with Gasteiger partial charge in [-0.15, -0.1) is 21.5 Å². The molecule has 0 radical (unpaired) electrons. The van der Waals surface area contributed by atoms with Crippen molar-refractivity contribution in [3.63, 3.8) is 0 Å². The monoisotopic (exact) mass is 301 g/mol. The van der Waals surface area contributed by atoms with E-state index in [4.69, 9.17) is 4.42 Å². The van der Waals surface area contributed by atoms with Crippen molar-refractivity contribution in [1.29, 1.82) is 0 Å². The molecule has 0 fully saturated rings. The highest BCUT2D eigenvalue weighted by Gasteiger charge is 2.17. The molecule has 1 unspecified atom stereocenters. The quantitative estimate of drug-likeness (QED) is 0.812. The molecule has 1 atom stereocenters. The zero-order chi connectivity index (χ0) is 11.7. The highest BCUT2D eigenvalue weighted by Crippen LogP contribution is 2.31. The average molecular weight is 302 g/mol. The van der Waals surface area contributed by atoms with Crippen LogP contribution in [-0.4, -0.2) is 15.2 Å². The Bertz CT molecular complexity index is 494. The van der Waals surface area contributed by atoms with Crippen LogP contribution in [0.25, 0.3) is 10.8 Å². The smallest absolute Gasteiger partial charge is 0.259 e. The Morgan fingerprint density at radius 1 is 1.38 bits per heavy atom. The predicted molar refractivity (Wildman–Crippen MR) is 66.8 cm³/mol. The van der Waals surface area contributed by atoms with E-state index in [0.717, 1.165) is 22.0 Å². The topological polar surface area (TPSA) is 51.8 Å². The van der Waals surface area contributed by atoms with Gasteiger partial charge in [0.15, 0.2) is 0 Å². The molecule has 0 aromatic carbocycles. The van der Waals surface area contributed by atoms with Crippen molar-refractivity contribution in [2.75, 3.05) is 0 Å². The highest BCUT2D eigenvalue weighted by atomic mass is 79.9. The van der Waals surface area contributed by atoms with Gasteiger partial charge in [0.25, 0.3) is 5.89 Å². The molecule has 6 heteroatoms. The van der Waals surface area contributed by atoms with Crippen molar-refractivity contribution in [2.24, 2.45) is 0 Å². The molecule has 0 aliphatic carbocycles. The number of rotatable bonds is 3. The van der Waals surface area contributed by atoms with E-state index < -0.39 is 0 Å². The van der Waals surface area contributed by atoms with Gasteiger partial charge in [-0.2, -0.15) is 0 Å². The summed E-state index contributed by atoms with van der Waals surface area (Å²) >= 11 is 5.06. The van der Waals surface area contributed by atoms with Gasteiger partial charge < -0.3 is 4.42 Å². The van der Waals surface area contributed by atoms with Gasteiger partial charge in [0.1, 0.15) is 4.88 Å². The summed E-state index contributed by atoms with van der Waals surface area (Å²) in [5, 5.41) is 9.09. The molecule has 0 spiro atoms. The normalized spacial score (nSPS) is 13.0. The van der Waals surface area contributed by atoms with E-state index in [2.05, 4.69) is 38.0 Å². The number of hydrogen-bond acceptors (Lipinski definition) is 5. The van der Waals surface area contributed by atoms with Crippen LogP contribution in [0, 0.1) is 13.8 Å². The number of nitrogens with zero attached hydrogens (tertiary/aromatic N) is 3. The maximum atomic E-state index is 5.62. The predicted octanol–water partition coefficient (Wildman–Crippen LogP) is 3.66. The van der Waals surface area contributed by atoms with E-state index in [-0.39, 0.29) is 4.83 Å². The fourth-order valence-corrected chi connectivity index (χ4v) is 2.38. The SMILES string of the molecule is CCC(Br)c1nnc(-c2sc(C)nc2C)o1. The number of hydrogen-bond donors (Lipinski definition) is 0. The van der Waals surface area contributed by atoms with Crippen LogP contribution in [-0.2, 0) is 0 Å². The van der Waals surface area contributed by atoms with Crippen LogP contribution in [0.1, 0.15) is 34.8 Å². The van der Waals surface area contributed by atoms with Crippen LogP contribution in [0.2, 0.25) is 0 Å². The van der Waals surface area contributed by atoms with Crippen molar-refractivity contribution in [2.45, 2.75) is 32.0 Å². The minimum Gasteiger partial charge on any atom is -0.419 e. The Kier molecular flexibility index (Phi) is 3.39. The van der Waals surface area contributed by atoms with Crippen molar-refractivity contribution >= 4 is 27.3 Å². The van der Waals surface area contributed by atoms with Crippen LogP contribution in [0.4, 0.5) is 0 Å². The Labute approximate surface area is 106 Å². The molecule has 16 heavy (non-hydrogen) atoms. The second-order valence-electron chi connectivity index (χ2n) is 3.47. The Morgan fingerprint density at radius 3 is 2.69 bits per heavy atom. The zero-order valence-electron chi connectivity index (χ0n) is 9.32. The number of aromatic nitrogens is 3. The van der Waals surface area contributed by atoms with Gasteiger partial charge >= 0.3 is 0 Å². The molecule has 2 aromatic heterocycles. The van der Waals surface area contributed by atoms with Crippen LogP contribution < -0.4 is 0 Å². The van der Waals surface area contributed by atoms with Gasteiger partial charge in [-0.3, -0.25) is 0 Å². The molecule has 0 N–H and O–H groups in total. The standard InChI is InChI=1S/C10H12BrN3OS/c1-4-7(11)9-13-14-10(15-9)8-5(2)12-6(3)16-8/h7H,4H2,1-3H3. The maximum Gasteiger partial charge on any atom is 0.259 e. The lowest BCUT2D eigenvalue weighted by molar-refractivity contribution is 0.501. The first kappa shape index (κ1) is 11.7. The molecule has 0 aliphatic rings. The largest absolute Gasteiger partial charge is 0.419 e. The number of aryl methyl sites for hydroxylation is 2. The van der Waals surface area contributed by atoms with Gasteiger partial charge in [-0.1, -0.05) is 22.9 Å². The Balaban J connectivity index is 2.35. The third-order valence-electron chi connectivity index (χ3n) is 2.16.